The monoisotopic (exact) mass is 770 g/mol. The summed E-state index contributed by atoms with van der Waals surface area (Å²) < 4.78 is 18.7. The average Bonchev–Trinajstić information content (AvgIpc) is 3.45. The van der Waals surface area contributed by atoms with Crippen LogP contribution in [0.25, 0.3) is 11.6 Å². The Morgan fingerprint density at radius 2 is 1.57 bits per heavy atom. The number of nitrogens with zero attached hydrogens (tertiary/aromatic N) is 2. The van der Waals surface area contributed by atoms with E-state index in [9.17, 15) is 24.5 Å². The van der Waals surface area contributed by atoms with Crippen molar-refractivity contribution in [1.82, 2.24) is 9.88 Å². The van der Waals surface area contributed by atoms with Crippen LogP contribution in [0.2, 0.25) is 11.4 Å². The summed E-state index contributed by atoms with van der Waals surface area (Å²) in [5, 5.41) is 23.8. The van der Waals surface area contributed by atoms with Crippen molar-refractivity contribution in [1.29, 1.82) is 0 Å². The van der Waals surface area contributed by atoms with Crippen LogP contribution in [0.3, 0.4) is 0 Å². The lowest BCUT2D eigenvalue weighted by Crippen LogP contribution is -2.66. The highest BCUT2D eigenvalue weighted by molar-refractivity contribution is 6.99. The molecule has 3 heterocycles. The van der Waals surface area contributed by atoms with Gasteiger partial charge in [0.15, 0.2) is 0 Å². The van der Waals surface area contributed by atoms with Crippen LogP contribution in [-0.4, -0.2) is 73.2 Å². The number of fused-ring (bicyclic) bond motifs is 3. The number of amides is 3. The molecule has 3 aliphatic rings. The zero-order valence-electron chi connectivity index (χ0n) is 32.1. The van der Waals surface area contributed by atoms with Crippen LogP contribution in [0.1, 0.15) is 51.3 Å². The van der Waals surface area contributed by atoms with Gasteiger partial charge in [0.1, 0.15) is 5.75 Å². The third-order valence-electron chi connectivity index (χ3n) is 11.5. The number of pyridine rings is 1. The number of imide groups is 3. The maximum atomic E-state index is 14.0. The molecule has 0 spiro atoms. The van der Waals surface area contributed by atoms with Crippen LogP contribution in [0, 0.1) is 17.8 Å². The molecule has 7 rings (SSSR count). The first-order valence-corrected chi connectivity index (χ1v) is 21.0. The molecule has 4 atom stereocenters. The molecule has 1 aromatic heterocycles. The number of ether oxygens (including phenoxy) is 1. The number of phenols is 1. The average molecular weight is 771 g/mol. The number of aromatic hydroxyl groups is 1. The van der Waals surface area contributed by atoms with Crippen molar-refractivity contribution in [3.05, 3.63) is 132 Å². The fraction of sp³-hybridized carbons (Fsp3) is 0.318. The van der Waals surface area contributed by atoms with Crippen molar-refractivity contribution in [2.24, 2.45) is 17.8 Å². The number of phenolic OH excluding ortho intramolecular Hbond substituents is 1. The maximum Gasteiger partial charge on any atom is 0.455 e. The van der Waals surface area contributed by atoms with Crippen molar-refractivity contribution < 1.29 is 38.3 Å². The zero-order valence-corrected chi connectivity index (χ0v) is 33.1. The molecule has 4 aromatic rings. The van der Waals surface area contributed by atoms with E-state index in [2.05, 4.69) is 50.0 Å². The molecule has 288 valence electrons. The van der Waals surface area contributed by atoms with Crippen LogP contribution in [-0.2, 0) is 23.4 Å². The number of carbonyl (C=O) groups excluding carboxylic acids is 3. The number of para-hydroxylation sites is 1. The Balaban J connectivity index is 1.33. The zero-order chi connectivity index (χ0) is 39.6. The van der Waals surface area contributed by atoms with Gasteiger partial charge < -0.3 is 23.9 Å². The molecule has 2 fully saturated rings. The van der Waals surface area contributed by atoms with Gasteiger partial charge in [-0.3, -0.25) is 14.6 Å². The lowest BCUT2D eigenvalue weighted by atomic mass is 9.58. The normalized spacial score (nSPS) is 21.6. The van der Waals surface area contributed by atoms with E-state index < -0.39 is 57.2 Å². The molecular formula is C44H47BN2O8Si. The predicted molar refractivity (Wildman–Crippen MR) is 217 cm³/mol. The molecule has 2 N–H and O–H groups in total. The minimum atomic E-state index is -3.06. The molecule has 2 aliphatic heterocycles. The minimum absolute atomic E-state index is 0.0740. The van der Waals surface area contributed by atoms with Gasteiger partial charge in [0, 0.05) is 11.8 Å². The van der Waals surface area contributed by atoms with Gasteiger partial charge in [0.2, 0.25) is 11.8 Å². The fourth-order valence-corrected chi connectivity index (χ4v) is 13.6. The molecule has 3 amide bonds. The third-order valence-corrected chi connectivity index (χ3v) is 16.5. The van der Waals surface area contributed by atoms with Gasteiger partial charge >= 0.3 is 13.2 Å². The second-order valence-electron chi connectivity index (χ2n) is 15.7. The highest BCUT2D eigenvalue weighted by Gasteiger charge is 2.60. The van der Waals surface area contributed by atoms with Crippen LogP contribution in [0.15, 0.2) is 120 Å². The van der Waals surface area contributed by atoms with E-state index in [0.29, 0.717) is 23.3 Å². The van der Waals surface area contributed by atoms with E-state index in [-0.39, 0.29) is 30.1 Å². The molecule has 56 heavy (non-hydrogen) atoms. The molecule has 1 aliphatic carbocycles. The maximum absolute atomic E-state index is 14.0. The number of carbonyl (C=O) groups is 3. The summed E-state index contributed by atoms with van der Waals surface area (Å²) in [7, 11) is -3.13. The van der Waals surface area contributed by atoms with Crippen molar-refractivity contribution >= 4 is 55.4 Å². The number of rotatable bonds is 10. The van der Waals surface area contributed by atoms with E-state index in [1.165, 1.54) is 0 Å². The second-order valence-corrected chi connectivity index (χ2v) is 20.0. The molecule has 0 radical (unpaired) electrons. The van der Waals surface area contributed by atoms with E-state index in [1.807, 2.05) is 72.8 Å². The number of aromatic nitrogens is 1. The third kappa shape index (κ3) is 7.30. The Hall–Kier alpha value is -5.14. The van der Waals surface area contributed by atoms with Crippen molar-refractivity contribution in [3.8, 4) is 5.75 Å². The quantitative estimate of drug-likeness (QED) is 0.109. The first-order chi connectivity index (χ1) is 26.9. The number of methoxy groups -OCH3 is 1. The molecule has 0 bridgehead atoms. The van der Waals surface area contributed by atoms with Crippen LogP contribution in [0.4, 0.5) is 4.79 Å². The number of allylic oxidation sites excluding steroid dienone is 1. The Kier molecular flexibility index (Phi) is 11.3. The minimum Gasteiger partial charge on any atom is -0.507 e. The summed E-state index contributed by atoms with van der Waals surface area (Å²) in [6.07, 6.45) is 3.03. The second kappa shape index (κ2) is 16.1. The smallest absolute Gasteiger partial charge is 0.455 e. The van der Waals surface area contributed by atoms with Gasteiger partial charge in [0.25, 0.3) is 8.32 Å². The molecule has 10 nitrogen and oxygen atoms in total. The van der Waals surface area contributed by atoms with Gasteiger partial charge in [-0.05, 0) is 87.9 Å². The SMILES string of the molecule is COC(=O)N1C(=O)[C@@H]2[C@@H](CC(CO[Si](c3ccccc3)(c3ccccc3)C(C)(C)C)=C3[C@@H](CC/C(=C/c4ccccc4O)c4ccccn4)OB(O)C[C@@H]32)C1=O. The Bertz CT molecular complexity index is 2100. The molecule has 0 saturated carbocycles. The molecule has 3 aromatic carbocycles. The first kappa shape index (κ1) is 39.1. The number of likely N-dealkylation sites (tertiary alicyclic amines) is 1. The van der Waals surface area contributed by atoms with E-state index in [1.54, 1.807) is 18.3 Å². The van der Waals surface area contributed by atoms with E-state index in [0.717, 1.165) is 39.9 Å². The molecule has 12 heteroatoms. The standard InChI is InChI=1S/C44H47BN2O8Si/c1-44(2,3)56(32-16-7-5-8-17-32,33-18-9-6-10-19-33)54-28-31-26-34-40(42(50)47(41(34)49)43(51)53-4)35-27-45(52)55-38(39(31)35)23-22-29(36-20-13-14-24-46-36)25-30-15-11-12-21-37(30)48/h5-21,24-25,34-35,38,40,48,52H,22-23,26-28H2,1-4H3/b29-25-/t34-,35+,38-,40-/m1/s1. The van der Waals surface area contributed by atoms with Gasteiger partial charge in [-0.2, -0.15) is 4.90 Å². The summed E-state index contributed by atoms with van der Waals surface area (Å²) in [5.41, 5.74) is 3.86. The summed E-state index contributed by atoms with van der Waals surface area (Å²) in [6.45, 7) is 6.74. The fourth-order valence-electron chi connectivity index (χ4n) is 9.04. The highest BCUT2D eigenvalue weighted by atomic mass is 28.4. The largest absolute Gasteiger partial charge is 0.507 e. The van der Waals surface area contributed by atoms with Crippen LogP contribution < -0.4 is 10.4 Å². The van der Waals surface area contributed by atoms with Crippen LogP contribution in [0.5, 0.6) is 5.75 Å². The van der Waals surface area contributed by atoms with Gasteiger partial charge in [-0.1, -0.05) is 106 Å². The lowest BCUT2D eigenvalue weighted by molar-refractivity contribution is -0.137. The topological polar surface area (TPSA) is 135 Å². The Labute approximate surface area is 329 Å². The van der Waals surface area contributed by atoms with Gasteiger partial charge in [-0.15, -0.1) is 0 Å². The number of hydrogen-bond acceptors (Lipinski definition) is 9. The highest BCUT2D eigenvalue weighted by Crippen LogP contribution is 2.51. The predicted octanol–water partition coefficient (Wildman–Crippen LogP) is 6.25. The summed E-state index contributed by atoms with van der Waals surface area (Å²) in [5.74, 6) is -3.39. The molecular weight excluding hydrogens is 723 g/mol. The number of hydrogen-bond donors (Lipinski definition) is 2. The first-order valence-electron chi connectivity index (χ1n) is 19.1. The number of benzene rings is 3. The van der Waals surface area contributed by atoms with Gasteiger partial charge in [-0.25, -0.2) is 4.79 Å². The lowest BCUT2D eigenvalue weighted by Gasteiger charge is -2.46. The summed E-state index contributed by atoms with van der Waals surface area (Å²) >= 11 is 0. The van der Waals surface area contributed by atoms with Crippen LogP contribution >= 0.6 is 0 Å². The van der Waals surface area contributed by atoms with E-state index in [4.69, 9.17) is 13.8 Å². The van der Waals surface area contributed by atoms with Gasteiger partial charge in [0.05, 0.1) is 37.4 Å². The van der Waals surface area contributed by atoms with Crippen molar-refractivity contribution in [2.75, 3.05) is 13.7 Å². The van der Waals surface area contributed by atoms with Crippen molar-refractivity contribution in [2.45, 2.75) is 57.5 Å². The Morgan fingerprint density at radius 3 is 2.18 bits per heavy atom. The molecule has 2 saturated heterocycles. The van der Waals surface area contributed by atoms with E-state index >= 15 is 0 Å². The molecule has 0 unspecified atom stereocenters. The summed E-state index contributed by atoms with van der Waals surface area (Å²) in [6, 6.07) is 33.3. The Morgan fingerprint density at radius 1 is 0.929 bits per heavy atom. The van der Waals surface area contributed by atoms with Crippen molar-refractivity contribution in [3.63, 3.8) is 0 Å². The summed E-state index contributed by atoms with van der Waals surface area (Å²) in [4.78, 5) is 46.0.